The molecule has 0 spiro atoms. The zero-order chi connectivity index (χ0) is 16.5. The second kappa shape index (κ2) is 15.9. The van der Waals surface area contributed by atoms with Crippen molar-refractivity contribution in [1.82, 2.24) is 0 Å². The van der Waals surface area contributed by atoms with Gasteiger partial charge in [0.1, 0.15) is 0 Å². The number of hydrogen-bond donors (Lipinski definition) is 1. The van der Waals surface area contributed by atoms with Gasteiger partial charge in [-0.25, -0.2) is 0 Å². The van der Waals surface area contributed by atoms with Crippen LogP contribution in [-0.2, 0) is 14.2 Å². The molecule has 0 rings (SSSR count). The van der Waals surface area contributed by atoms with Gasteiger partial charge in [0.15, 0.2) is 0 Å². The maximum Gasteiger partial charge on any atom is 0.282 e. The molecule has 0 aromatic carbocycles. The number of rotatable bonds is 17. The maximum absolute atomic E-state index is 8.74. The summed E-state index contributed by atoms with van der Waals surface area (Å²) in [7, 11) is 0.128. The van der Waals surface area contributed by atoms with Crippen LogP contribution < -0.4 is 0 Å². The Hall–Kier alpha value is 0.0569. The molecule has 0 saturated carbocycles. The molecule has 0 aromatic rings. The fraction of sp³-hybridized carbons (Fsp3) is 1.00. The summed E-state index contributed by atoms with van der Waals surface area (Å²) in [5.74, 6) is -0.830. The summed E-state index contributed by atoms with van der Waals surface area (Å²) < 4.78 is 17.2. The lowest BCUT2D eigenvalue weighted by Crippen LogP contribution is -2.39. The molecule has 22 heavy (non-hydrogen) atoms. The monoisotopic (exact) mass is 332 g/mol. The average molecular weight is 333 g/mol. The Balaban J connectivity index is 3.70. The van der Waals surface area contributed by atoms with Crippen LogP contribution in [0.2, 0.25) is 6.04 Å². The van der Waals surface area contributed by atoms with Gasteiger partial charge in [0, 0.05) is 26.2 Å². The van der Waals surface area contributed by atoms with Crippen molar-refractivity contribution in [1.29, 1.82) is 0 Å². The zero-order valence-corrected chi connectivity index (χ0v) is 15.9. The van der Waals surface area contributed by atoms with Crippen molar-refractivity contribution in [3.05, 3.63) is 0 Å². The van der Waals surface area contributed by atoms with Gasteiger partial charge >= 0.3 is 0 Å². The van der Waals surface area contributed by atoms with E-state index in [-0.39, 0.29) is 9.76 Å². The second-order valence-electron chi connectivity index (χ2n) is 5.47. The second-order valence-corrected chi connectivity index (χ2v) is 6.28. The van der Waals surface area contributed by atoms with E-state index >= 15 is 0 Å². The third kappa shape index (κ3) is 11.6. The molecule has 4 nitrogen and oxygen atoms in total. The van der Waals surface area contributed by atoms with Crippen LogP contribution in [-0.4, -0.2) is 40.4 Å². The van der Waals surface area contributed by atoms with Crippen LogP contribution in [0.5, 0.6) is 0 Å². The van der Waals surface area contributed by atoms with Crippen molar-refractivity contribution in [2.24, 2.45) is 0 Å². The van der Waals surface area contributed by atoms with E-state index in [1.165, 1.54) is 44.9 Å². The highest BCUT2D eigenvalue weighted by atomic mass is 28.2. The van der Waals surface area contributed by atoms with E-state index in [9.17, 15) is 0 Å². The topological polar surface area (TPSA) is 47.9 Å². The van der Waals surface area contributed by atoms with Crippen molar-refractivity contribution in [2.75, 3.05) is 19.8 Å². The molecule has 0 amide bonds. The predicted octanol–water partition coefficient (Wildman–Crippen LogP) is 4.29. The van der Waals surface area contributed by atoms with Crippen molar-refractivity contribution < 1.29 is 19.0 Å². The molecule has 2 radical (unpaired) electrons. The number of ether oxygens (including phenoxy) is 3. The third-order valence-corrected chi connectivity index (χ3v) is 4.19. The van der Waals surface area contributed by atoms with E-state index in [1.807, 2.05) is 20.8 Å². The van der Waals surface area contributed by atoms with Gasteiger partial charge in [-0.15, -0.1) is 0 Å². The minimum atomic E-state index is -0.830. The number of hydrogen-bond acceptors (Lipinski definition) is 4. The SMILES string of the molecule is CCOC(CCCCCCCCCC[Si]O)(OCC)OCC. The molecule has 0 fully saturated rings. The van der Waals surface area contributed by atoms with E-state index in [4.69, 9.17) is 19.0 Å². The quantitative estimate of drug-likeness (QED) is 0.245. The van der Waals surface area contributed by atoms with Crippen LogP contribution >= 0.6 is 0 Å². The van der Waals surface area contributed by atoms with Gasteiger partial charge in [0.25, 0.3) is 5.97 Å². The summed E-state index contributed by atoms with van der Waals surface area (Å²) in [5.41, 5.74) is 0. The average Bonchev–Trinajstić information content (AvgIpc) is 2.50. The Morgan fingerprint density at radius 1 is 0.682 bits per heavy atom. The first-order chi connectivity index (χ1) is 10.7. The predicted molar refractivity (Wildman–Crippen MR) is 91.9 cm³/mol. The van der Waals surface area contributed by atoms with Gasteiger partial charge in [-0.05, 0) is 33.2 Å². The molecule has 0 aromatic heterocycles. The van der Waals surface area contributed by atoms with Crippen LogP contribution in [0, 0.1) is 0 Å². The van der Waals surface area contributed by atoms with Gasteiger partial charge in [-0.3, -0.25) is 0 Å². The van der Waals surface area contributed by atoms with Gasteiger partial charge < -0.3 is 19.0 Å². The van der Waals surface area contributed by atoms with Gasteiger partial charge in [-0.2, -0.15) is 0 Å². The lowest BCUT2D eigenvalue weighted by Gasteiger charge is -2.32. The summed E-state index contributed by atoms with van der Waals surface area (Å²) in [6.45, 7) is 7.75. The molecule has 0 aliphatic rings. The maximum atomic E-state index is 8.74. The first-order valence-corrected chi connectivity index (χ1v) is 10.2. The standard InChI is InChI=1S/C17H36O4Si/c1-4-19-17(20-5-2,21-6-3)15-13-11-9-7-8-10-12-14-16-22-18/h18H,4-16H2,1-3H3. The third-order valence-electron chi connectivity index (χ3n) is 3.61. The van der Waals surface area contributed by atoms with Crippen molar-refractivity contribution in [3.63, 3.8) is 0 Å². The molecule has 0 atom stereocenters. The van der Waals surface area contributed by atoms with Gasteiger partial charge in [0.2, 0.25) is 9.76 Å². The van der Waals surface area contributed by atoms with Crippen LogP contribution in [0.4, 0.5) is 0 Å². The molecule has 0 bridgehead atoms. The highest BCUT2D eigenvalue weighted by molar-refractivity contribution is 6.25. The van der Waals surface area contributed by atoms with Crippen LogP contribution in [0.1, 0.15) is 78.6 Å². The largest absolute Gasteiger partial charge is 0.432 e. The zero-order valence-electron chi connectivity index (χ0n) is 14.9. The van der Waals surface area contributed by atoms with E-state index in [0.717, 1.165) is 18.9 Å². The van der Waals surface area contributed by atoms with E-state index in [0.29, 0.717) is 19.8 Å². The van der Waals surface area contributed by atoms with Crippen molar-refractivity contribution in [2.45, 2.75) is 90.6 Å². The minimum absolute atomic E-state index is 0.128. The fourth-order valence-corrected chi connectivity index (χ4v) is 3.02. The smallest absolute Gasteiger partial charge is 0.282 e. The Bertz CT molecular complexity index is 210. The highest BCUT2D eigenvalue weighted by Crippen LogP contribution is 2.24. The van der Waals surface area contributed by atoms with Gasteiger partial charge in [0.05, 0.1) is 0 Å². The molecule has 5 heteroatoms. The highest BCUT2D eigenvalue weighted by Gasteiger charge is 2.31. The summed E-state index contributed by atoms with van der Waals surface area (Å²) in [5, 5.41) is 0. The molecule has 132 valence electrons. The summed E-state index contributed by atoms with van der Waals surface area (Å²) in [6, 6.07) is 0.981. The summed E-state index contributed by atoms with van der Waals surface area (Å²) in [4.78, 5) is 8.74. The van der Waals surface area contributed by atoms with Gasteiger partial charge in [-0.1, -0.05) is 44.9 Å². The molecular formula is C17H36O4Si. The molecule has 0 aliphatic carbocycles. The Morgan fingerprint density at radius 3 is 1.50 bits per heavy atom. The van der Waals surface area contributed by atoms with E-state index in [1.54, 1.807) is 0 Å². The molecule has 0 unspecified atom stereocenters. The summed E-state index contributed by atoms with van der Waals surface area (Å²) >= 11 is 0. The normalized spacial score (nSPS) is 12.0. The Labute approximate surface area is 139 Å². The Kier molecular flexibility index (Phi) is 16.0. The first-order valence-electron chi connectivity index (χ1n) is 9.03. The molecule has 0 aliphatic heterocycles. The lowest BCUT2D eigenvalue weighted by atomic mass is 10.1. The van der Waals surface area contributed by atoms with Crippen LogP contribution in [0.3, 0.4) is 0 Å². The van der Waals surface area contributed by atoms with E-state index in [2.05, 4.69) is 0 Å². The molecular weight excluding hydrogens is 296 g/mol. The molecule has 1 N–H and O–H groups in total. The van der Waals surface area contributed by atoms with Crippen LogP contribution in [0.25, 0.3) is 0 Å². The first kappa shape index (κ1) is 22.1. The van der Waals surface area contributed by atoms with Crippen molar-refractivity contribution in [3.8, 4) is 0 Å². The lowest BCUT2D eigenvalue weighted by molar-refractivity contribution is -0.380. The van der Waals surface area contributed by atoms with E-state index < -0.39 is 5.97 Å². The molecule has 0 saturated heterocycles. The summed E-state index contributed by atoms with van der Waals surface area (Å²) in [6.07, 6.45) is 10.7. The fourth-order valence-electron chi connectivity index (χ4n) is 2.61. The molecule has 0 heterocycles. The van der Waals surface area contributed by atoms with Crippen molar-refractivity contribution >= 4 is 9.76 Å². The minimum Gasteiger partial charge on any atom is -0.432 e. The number of unbranched alkanes of at least 4 members (excludes halogenated alkanes) is 7. The van der Waals surface area contributed by atoms with Crippen LogP contribution in [0.15, 0.2) is 0 Å². The Morgan fingerprint density at radius 2 is 1.09 bits per heavy atom.